The molecule has 0 heterocycles. The van der Waals surface area contributed by atoms with Crippen molar-refractivity contribution in [2.75, 3.05) is 14.2 Å². The van der Waals surface area contributed by atoms with Crippen molar-refractivity contribution >= 4 is 11.9 Å². The molecule has 2 N–H and O–H groups in total. The first kappa shape index (κ1) is 21.5. The zero-order chi connectivity index (χ0) is 22.0. The summed E-state index contributed by atoms with van der Waals surface area (Å²) in [5.41, 5.74) is 1.47. The van der Waals surface area contributed by atoms with Crippen molar-refractivity contribution in [1.82, 2.24) is 0 Å². The molecule has 2 aliphatic rings. The minimum Gasteiger partial charge on any atom is -0.494 e. The van der Waals surface area contributed by atoms with Gasteiger partial charge in [-0.3, -0.25) is 9.59 Å². The molecular weight excluding hydrogens is 398 g/mol. The van der Waals surface area contributed by atoms with E-state index in [1.54, 1.807) is 12.1 Å². The minimum absolute atomic E-state index is 0.0390. The Bertz CT molecular complexity index is 883. The molecule has 0 amide bonds. The van der Waals surface area contributed by atoms with Gasteiger partial charge in [0.05, 0.1) is 26.1 Å². The van der Waals surface area contributed by atoms with Crippen molar-refractivity contribution < 1.29 is 38.1 Å². The Morgan fingerprint density at radius 2 is 1.17 bits per heavy atom. The lowest BCUT2D eigenvalue weighted by atomic mass is 10.1. The van der Waals surface area contributed by atoms with Gasteiger partial charge in [-0.25, -0.2) is 8.78 Å². The zero-order valence-electron chi connectivity index (χ0n) is 16.5. The van der Waals surface area contributed by atoms with Gasteiger partial charge >= 0.3 is 11.9 Å². The van der Waals surface area contributed by atoms with Gasteiger partial charge in [0.15, 0.2) is 23.1 Å². The summed E-state index contributed by atoms with van der Waals surface area (Å²) >= 11 is 0. The Morgan fingerprint density at radius 3 is 1.40 bits per heavy atom. The lowest BCUT2D eigenvalue weighted by Crippen LogP contribution is -1.99. The van der Waals surface area contributed by atoms with E-state index >= 15 is 0 Å². The SMILES string of the molecule is COc1ccc([C@@H]2C[C@H]2C(=O)O)cc1F.COc1ccc([C@H]2C[C@@H]2C(=O)O)cc1F. The lowest BCUT2D eigenvalue weighted by Gasteiger charge is -2.03. The van der Waals surface area contributed by atoms with Crippen molar-refractivity contribution in [3.05, 3.63) is 59.2 Å². The van der Waals surface area contributed by atoms with Gasteiger partial charge in [-0.15, -0.1) is 0 Å². The number of carbonyl (C=O) groups is 2. The van der Waals surface area contributed by atoms with Gasteiger partial charge < -0.3 is 19.7 Å². The highest BCUT2D eigenvalue weighted by molar-refractivity contribution is 5.75. The van der Waals surface area contributed by atoms with E-state index < -0.39 is 23.6 Å². The van der Waals surface area contributed by atoms with Crippen molar-refractivity contribution in [3.63, 3.8) is 0 Å². The third kappa shape index (κ3) is 4.69. The van der Waals surface area contributed by atoms with E-state index in [1.807, 2.05) is 0 Å². The molecule has 2 saturated carbocycles. The topological polar surface area (TPSA) is 93.1 Å². The highest BCUT2D eigenvalue weighted by Crippen LogP contribution is 2.48. The van der Waals surface area contributed by atoms with Crippen molar-refractivity contribution in [3.8, 4) is 11.5 Å². The van der Waals surface area contributed by atoms with Crippen molar-refractivity contribution in [1.29, 1.82) is 0 Å². The number of aliphatic carboxylic acids is 2. The van der Waals surface area contributed by atoms with Crippen LogP contribution in [0.4, 0.5) is 8.78 Å². The molecule has 0 spiro atoms. The van der Waals surface area contributed by atoms with E-state index in [-0.39, 0.29) is 35.2 Å². The first-order valence-corrected chi connectivity index (χ1v) is 9.39. The third-order valence-electron chi connectivity index (χ3n) is 5.42. The molecule has 8 heteroatoms. The molecule has 6 nitrogen and oxygen atoms in total. The summed E-state index contributed by atoms with van der Waals surface area (Å²) in [5.74, 6) is -2.90. The Morgan fingerprint density at radius 1 is 0.800 bits per heavy atom. The fourth-order valence-electron chi connectivity index (χ4n) is 3.50. The second-order valence-corrected chi connectivity index (χ2v) is 7.36. The van der Waals surface area contributed by atoms with Crippen LogP contribution in [0.15, 0.2) is 36.4 Å². The molecule has 0 radical (unpaired) electrons. The molecule has 2 aromatic carbocycles. The van der Waals surface area contributed by atoms with E-state index in [9.17, 15) is 18.4 Å². The Hall–Kier alpha value is -3.16. The summed E-state index contributed by atoms with van der Waals surface area (Å²) in [7, 11) is 2.80. The average molecular weight is 420 g/mol. The number of hydrogen-bond acceptors (Lipinski definition) is 4. The average Bonchev–Trinajstić information content (AvgIpc) is 3.61. The van der Waals surface area contributed by atoms with E-state index in [0.717, 1.165) is 11.1 Å². The number of benzene rings is 2. The monoisotopic (exact) mass is 420 g/mol. The molecule has 4 atom stereocenters. The van der Waals surface area contributed by atoms with Crippen LogP contribution in [0.5, 0.6) is 11.5 Å². The maximum Gasteiger partial charge on any atom is 0.307 e. The number of hydrogen-bond donors (Lipinski definition) is 2. The third-order valence-corrected chi connectivity index (χ3v) is 5.42. The number of carboxylic acids is 2. The number of carboxylic acid groups (broad SMARTS) is 2. The number of ether oxygens (including phenoxy) is 2. The van der Waals surface area contributed by atoms with Crippen LogP contribution < -0.4 is 9.47 Å². The Kier molecular flexibility index (Phi) is 6.24. The standard InChI is InChI=1S/2C11H11FO3/c2*1-15-10-3-2-6(4-9(10)12)7-5-8(7)11(13)14/h2*2-4,7-8H,5H2,1H3,(H,13,14)/t2*7-,8+/m10/s1. The number of methoxy groups -OCH3 is 2. The molecule has 30 heavy (non-hydrogen) atoms. The van der Waals surface area contributed by atoms with Crippen LogP contribution in [-0.2, 0) is 9.59 Å². The fourth-order valence-corrected chi connectivity index (χ4v) is 3.50. The molecule has 2 fully saturated rings. The van der Waals surface area contributed by atoms with Crippen LogP contribution >= 0.6 is 0 Å². The molecule has 0 saturated heterocycles. The molecule has 0 unspecified atom stereocenters. The number of rotatable bonds is 6. The van der Waals surface area contributed by atoms with Crippen LogP contribution in [0.3, 0.4) is 0 Å². The predicted molar refractivity (Wildman–Crippen MR) is 103 cm³/mol. The van der Waals surface area contributed by atoms with Gasteiger partial charge in [0.25, 0.3) is 0 Å². The van der Waals surface area contributed by atoms with E-state index in [1.165, 1.54) is 38.5 Å². The second-order valence-electron chi connectivity index (χ2n) is 7.36. The number of halogens is 2. The van der Waals surface area contributed by atoms with E-state index in [0.29, 0.717) is 12.8 Å². The van der Waals surface area contributed by atoms with Crippen molar-refractivity contribution in [2.45, 2.75) is 24.7 Å². The van der Waals surface area contributed by atoms with E-state index in [4.69, 9.17) is 19.7 Å². The van der Waals surface area contributed by atoms with Crippen LogP contribution in [0, 0.1) is 23.5 Å². The van der Waals surface area contributed by atoms with Crippen LogP contribution in [0.25, 0.3) is 0 Å². The van der Waals surface area contributed by atoms with Gasteiger partial charge in [0, 0.05) is 0 Å². The van der Waals surface area contributed by atoms with Crippen LogP contribution in [0.1, 0.15) is 35.8 Å². The summed E-state index contributed by atoms with van der Waals surface area (Å²) in [6.07, 6.45) is 1.20. The first-order valence-electron chi connectivity index (χ1n) is 9.39. The maximum atomic E-state index is 13.3. The maximum absolute atomic E-state index is 13.3. The minimum atomic E-state index is -0.809. The zero-order valence-corrected chi connectivity index (χ0v) is 16.5. The molecule has 160 valence electrons. The van der Waals surface area contributed by atoms with Gasteiger partial charge in [-0.05, 0) is 60.1 Å². The second kappa shape index (κ2) is 8.69. The molecule has 2 aromatic rings. The summed E-state index contributed by atoms with van der Waals surface area (Å²) in [6.45, 7) is 0. The smallest absolute Gasteiger partial charge is 0.307 e. The summed E-state index contributed by atoms with van der Waals surface area (Å²) in [4.78, 5) is 21.3. The molecular formula is C22H22F2O6. The first-order chi connectivity index (χ1) is 14.3. The fraction of sp³-hybridized carbons (Fsp3) is 0.364. The van der Waals surface area contributed by atoms with Gasteiger partial charge in [-0.1, -0.05) is 12.1 Å². The highest BCUT2D eigenvalue weighted by atomic mass is 19.1. The van der Waals surface area contributed by atoms with Crippen LogP contribution in [0.2, 0.25) is 0 Å². The van der Waals surface area contributed by atoms with Gasteiger partial charge in [-0.2, -0.15) is 0 Å². The molecule has 0 aromatic heterocycles. The van der Waals surface area contributed by atoms with Gasteiger partial charge in [0.1, 0.15) is 0 Å². The van der Waals surface area contributed by atoms with E-state index in [2.05, 4.69) is 0 Å². The molecule has 2 aliphatic carbocycles. The molecule has 0 aliphatic heterocycles. The highest BCUT2D eigenvalue weighted by Gasteiger charge is 2.45. The normalized spacial score (nSPS) is 23.6. The van der Waals surface area contributed by atoms with Crippen molar-refractivity contribution in [2.24, 2.45) is 11.8 Å². The van der Waals surface area contributed by atoms with Crippen LogP contribution in [-0.4, -0.2) is 36.4 Å². The quantitative estimate of drug-likeness (QED) is 0.733. The largest absolute Gasteiger partial charge is 0.494 e. The lowest BCUT2D eigenvalue weighted by molar-refractivity contribution is -0.139. The summed E-state index contributed by atoms with van der Waals surface area (Å²) < 4.78 is 36.2. The van der Waals surface area contributed by atoms with Gasteiger partial charge in [0.2, 0.25) is 0 Å². The summed E-state index contributed by atoms with van der Waals surface area (Å²) in [5, 5.41) is 17.5. The molecule has 0 bridgehead atoms. The molecule has 4 rings (SSSR count). The Labute approximate surface area is 172 Å². The Balaban J connectivity index is 0.000000171. The summed E-state index contributed by atoms with van der Waals surface area (Å²) in [6, 6.07) is 9.20. The predicted octanol–water partition coefficient (Wildman–Crippen LogP) is 4.04.